The molecule has 1 atom stereocenters. The van der Waals surface area contributed by atoms with Crippen LogP contribution in [0.3, 0.4) is 0 Å². The van der Waals surface area contributed by atoms with Crippen LogP contribution in [0.2, 0.25) is 5.02 Å². The summed E-state index contributed by atoms with van der Waals surface area (Å²) < 4.78 is 1.46. The molecule has 1 aliphatic rings. The molecule has 0 aromatic carbocycles. The van der Waals surface area contributed by atoms with Gasteiger partial charge in [-0.05, 0) is 38.3 Å². The first-order valence-corrected chi connectivity index (χ1v) is 8.07. The van der Waals surface area contributed by atoms with Gasteiger partial charge in [0.15, 0.2) is 0 Å². The minimum absolute atomic E-state index is 0.193. The largest absolute Gasteiger partial charge is 0.369 e. The van der Waals surface area contributed by atoms with E-state index in [0.717, 1.165) is 38.0 Å². The Morgan fingerprint density at radius 2 is 2.24 bits per heavy atom. The van der Waals surface area contributed by atoms with Gasteiger partial charge < -0.3 is 10.2 Å². The molecular formula is C15H25ClN4O. The maximum atomic E-state index is 12.3. The van der Waals surface area contributed by atoms with Crippen LogP contribution < -0.4 is 15.8 Å². The highest BCUT2D eigenvalue weighted by atomic mass is 35.5. The van der Waals surface area contributed by atoms with Gasteiger partial charge in [-0.3, -0.25) is 4.79 Å². The van der Waals surface area contributed by atoms with Crippen LogP contribution in [-0.2, 0) is 6.54 Å². The summed E-state index contributed by atoms with van der Waals surface area (Å²) in [4.78, 5) is 14.4. The van der Waals surface area contributed by atoms with E-state index >= 15 is 0 Å². The van der Waals surface area contributed by atoms with E-state index in [0.29, 0.717) is 18.5 Å². The summed E-state index contributed by atoms with van der Waals surface area (Å²) in [6, 6.07) is 0.402. The van der Waals surface area contributed by atoms with Crippen LogP contribution in [0.25, 0.3) is 0 Å². The number of aromatic nitrogens is 2. The van der Waals surface area contributed by atoms with E-state index in [-0.39, 0.29) is 10.6 Å². The Labute approximate surface area is 131 Å². The SMILES string of the molecule is CC(C)Cn1ncc(N(C)C2CCCNCC2)c(Cl)c1=O. The Balaban J connectivity index is 2.23. The summed E-state index contributed by atoms with van der Waals surface area (Å²) in [5.74, 6) is 0.364. The average Bonchev–Trinajstić information content (AvgIpc) is 2.72. The highest BCUT2D eigenvalue weighted by molar-refractivity contribution is 6.33. The predicted molar refractivity (Wildman–Crippen MR) is 87.3 cm³/mol. The zero-order valence-electron chi connectivity index (χ0n) is 13.1. The van der Waals surface area contributed by atoms with E-state index in [4.69, 9.17) is 11.6 Å². The summed E-state index contributed by atoms with van der Waals surface area (Å²) in [7, 11) is 2.01. The zero-order chi connectivity index (χ0) is 15.4. The number of rotatable bonds is 4. The van der Waals surface area contributed by atoms with Crippen LogP contribution in [0.1, 0.15) is 33.1 Å². The molecule has 1 aromatic heterocycles. The molecule has 0 saturated carbocycles. The Morgan fingerprint density at radius 1 is 1.48 bits per heavy atom. The van der Waals surface area contributed by atoms with Crippen molar-refractivity contribution in [3.63, 3.8) is 0 Å². The molecule has 1 N–H and O–H groups in total. The Hall–Kier alpha value is -1.07. The van der Waals surface area contributed by atoms with Gasteiger partial charge in [-0.1, -0.05) is 25.4 Å². The van der Waals surface area contributed by atoms with Crippen molar-refractivity contribution in [2.24, 2.45) is 5.92 Å². The second-order valence-electron chi connectivity index (χ2n) is 6.17. The molecule has 0 spiro atoms. The van der Waals surface area contributed by atoms with Gasteiger partial charge in [0, 0.05) is 19.6 Å². The molecule has 0 radical (unpaired) electrons. The first-order valence-electron chi connectivity index (χ1n) is 7.70. The number of anilines is 1. The third-order valence-electron chi connectivity index (χ3n) is 3.98. The monoisotopic (exact) mass is 312 g/mol. The first-order chi connectivity index (χ1) is 10.0. The molecule has 1 unspecified atom stereocenters. The smallest absolute Gasteiger partial charge is 0.287 e. The van der Waals surface area contributed by atoms with Gasteiger partial charge in [-0.25, -0.2) is 4.68 Å². The molecule has 6 heteroatoms. The lowest BCUT2D eigenvalue weighted by Gasteiger charge is -2.29. The first kappa shape index (κ1) is 16.3. The fourth-order valence-electron chi connectivity index (χ4n) is 2.76. The lowest BCUT2D eigenvalue weighted by atomic mass is 10.1. The normalized spacial score (nSPS) is 19.6. The van der Waals surface area contributed by atoms with Crippen LogP contribution >= 0.6 is 11.6 Å². The number of halogens is 1. The third-order valence-corrected chi connectivity index (χ3v) is 4.33. The molecule has 2 heterocycles. The van der Waals surface area contributed by atoms with Gasteiger partial charge >= 0.3 is 0 Å². The lowest BCUT2D eigenvalue weighted by Crippen LogP contribution is -2.35. The van der Waals surface area contributed by atoms with Crippen molar-refractivity contribution in [2.75, 3.05) is 25.0 Å². The second-order valence-corrected chi connectivity index (χ2v) is 6.55. The fraction of sp³-hybridized carbons (Fsp3) is 0.733. The highest BCUT2D eigenvalue weighted by Crippen LogP contribution is 2.25. The molecule has 1 aromatic rings. The summed E-state index contributed by atoms with van der Waals surface area (Å²) in [6.07, 6.45) is 5.03. The number of hydrogen-bond donors (Lipinski definition) is 1. The van der Waals surface area contributed by atoms with Gasteiger partial charge in [0.1, 0.15) is 5.02 Å². The molecule has 5 nitrogen and oxygen atoms in total. The van der Waals surface area contributed by atoms with Gasteiger partial charge in [-0.2, -0.15) is 5.10 Å². The van der Waals surface area contributed by atoms with E-state index in [1.165, 1.54) is 4.68 Å². The van der Waals surface area contributed by atoms with E-state index < -0.39 is 0 Å². The summed E-state index contributed by atoms with van der Waals surface area (Å²) in [5, 5.41) is 7.96. The topological polar surface area (TPSA) is 50.2 Å². The average molecular weight is 313 g/mol. The van der Waals surface area contributed by atoms with Gasteiger partial charge in [0.25, 0.3) is 5.56 Å². The van der Waals surface area contributed by atoms with Crippen molar-refractivity contribution in [2.45, 2.75) is 45.7 Å². The number of nitrogens with zero attached hydrogens (tertiary/aromatic N) is 3. The van der Waals surface area contributed by atoms with Gasteiger partial charge in [0.05, 0.1) is 11.9 Å². The molecule has 0 amide bonds. The van der Waals surface area contributed by atoms with Crippen molar-refractivity contribution in [3.8, 4) is 0 Å². The second kappa shape index (κ2) is 7.27. The molecule has 21 heavy (non-hydrogen) atoms. The minimum Gasteiger partial charge on any atom is -0.369 e. The number of hydrogen-bond acceptors (Lipinski definition) is 4. The molecule has 2 rings (SSSR count). The van der Waals surface area contributed by atoms with Crippen molar-refractivity contribution < 1.29 is 0 Å². The minimum atomic E-state index is -0.193. The molecule has 1 fully saturated rings. The Morgan fingerprint density at radius 3 is 2.95 bits per heavy atom. The highest BCUT2D eigenvalue weighted by Gasteiger charge is 2.21. The standard InChI is InChI=1S/C15H25ClN4O/c1-11(2)10-20-15(21)14(16)13(9-18-20)19(3)12-5-4-7-17-8-6-12/h9,11-12,17H,4-8,10H2,1-3H3. The molecule has 1 saturated heterocycles. The van der Waals surface area contributed by atoms with Gasteiger partial charge in [-0.15, -0.1) is 0 Å². The van der Waals surface area contributed by atoms with Crippen LogP contribution in [0, 0.1) is 5.92 Å². The van der Waals surface area contributed by atoms with E-state index in [2.05, 4.69) is 29.2 Å². The molecule has 0 aliphatic carbocycles. The number of nitrogens with one attached hydrogen (secondary N) is 1. The van der Waals surface area contributed by atoms with E-state index in [1.807, 2.05) is 7.05 Å². The summed E-state index contributed by atoms with van der Waals surface area (Å²) in [6.45, 7) is 6.77. The predicted octanol–water partition coefficient (Wildman–Crippen LogP) is 2.13. The quantitative estimate of drug-likeness (QED) is 0.925. The Kier molecular flexibility index (Phi) is 5.65. The lowest BCUT2D eigenvalue weighted by molar-refractivity contribution is 0.462. The maximum Gasteiger partial charge on any atom is 0.287 e. The molecule has 0 bridgehead atoms. The fourth-order valence-corrected chi connectivity index (χ4v) is 3.04. The van der Waals surface area contributed by atoms with Crippen LogP contribution in [0.5, 0.6) is 0 Å². The Bertz CT molecular complexity index is 521. The van der Waals surface area contributed by atoms with E-state index in [1.54, 1.807) is 6.20 Å². The maximum absolute atomic E-state index is 12.3. The van der Waals surface area contributed by atoms with Crippen LogP contribution in [-0.4, -0.2) is 36.0 Å². The van der Waals surface area contributed by atoms with Crippen LogP contribution in [0.4, 0.5) is 5.69 Å². The van der Waals surface area contributed by atoms with Crippen molar-refractivity contribution in [1.82, 2.24) is 15.1 Å². The molecule has 118 valence electrons. The molecule has 1 aliphatic heterocycles. The van der Waals surface area contributed by atoms with E-state index in [9.17, 15) is 4.79 Å². The van der Waals surface area contributed by atoms with Gasteiger partial charge in [0.2, 0.25) is 0 Å². The van der Waals surface area contributed by atoms with Crippen molar-refractivity contribution in [3.05, 3.63) is 21.6 Å². The third kappa shape index (κ3) is 3.98. The van der Waals surface area contributed by atoms with Crippen molar-refractivity contribution >= 4 is 17.3 Å². The van der Waals surface area contributed by atoms with Crippen LogP contribution in [0.15, 0.2) is 11.0 Å². The summed E-state index contributed by atoms with van der Waals surface area (Å²) >= 11 is 6.31. The zero-order valence-corrected chi connectivity index (χ0v) is 13.9. The summed E-state index contributed by atoms with van der Waals surface area (Å²) in [5.41, 5.74) is 0.551. The molecular weight excluding hydrogens is 288 g/mol. The van der Waals surface area contributed by atoms with Crippen molar-refractivity contribution in [1.29, 1.82) is 0 Å².